The molecule has 0 bridgehead atoms. The van der Waals surface area contributed by atoms with E-state index in [1.807, 2.05) is 48.5 Å². The molecule has 3 rings (SSSR count). The predicted octanol–water partition coefficient (Wildman–Crippen LogP) is 3.35. The molecule has 2 aromatic rings. The average molecular weight is 466 g/mol. The number of nitrogens with one attached hydrogen (secondary N) is 2. The maximum absolute atomic E-state index is 12.7. The lowest BCUT2D eigenvalue weighted by atomic mass is 9.74. The van der Waals surface area contributed by atoms with Crippen molar-refractivity contribution in [2.45, 2.75) is 12.8 Å². The maximum Gasteiger partial charge on any atom is 0.328 e. The molecular weight excluding hydrogens is 452 g/mol. The minimum absolute atomic E-state index is 0.196. The molecule has 1 fully saturated rings. The SMILES string of the molecule is O=C1NC(=O)C(Cc2ccc(Br)cc2)(Cc2ccc(Br)cc2)C(=O)N1. The van der Waals surface area contributed by atoms with Crippen LogP contribution < -0.4 is 10.6 Å². The van der Waals surface area contributed by atoms with E-state index in [4.69, 9.17) is 0 Å². The van der Waals surface area contributed by atoms with Gasteiger partial charge in [0.2, 0.25) is 11.8 Å². The molecule has 0 aliphatic carbocycles. The second kappa shape index (κ2) is 7.09. The number of carbonyl (C=O) groups excluding carboxylic acids is 3. The van der Waals surface area contributed by atoms with E-state index in [0.717, 1.165) is 20.1 Å². The summed E-state index contributed by atoms with van der Waals surface area (Å²) in [6, 6.07) is 14.0. The standard InChI is InChI=1S/C18H14Br2N2O3/c19-13-5-1-11(2-6-13)9-18(10-12-3-7-14(20)8-4-12)15(23)21-17(25)22-16(18)24/h1-8H,9-10H2,(H2,21,22,23,24,25). The van der Waals surface area contributed by atoms with Gasteiger partial charge in [0, 0.05) is 8.95 Å². The summed E-state index contributed by atoms with van der Waals surface area (Å²) in [5.74, 6) is -1.15. The molecule has 1 aliphatic heterocycles. The van der Waals surface area contributed by atoms with Crippen molar-refractivity contribution in [1.82, 2.24) is 10.6 Å². The van der Waals surface area contributed by atoms with E-state index in [2.05, 4.69) is 42.5 Å². The van der Waals surface area contributed by atoms with Crippen molar-refractivity contribution >= 4 is 49.7 Å². The van der Waals surface area contributed by atoms with Crippen molar-refractivity contribution < 1.29 is 14.4 Å². The van der Waals surface area contributed by atoms with Gasteiger partial charge in [0.05, 0.1) is 0 Å². The molecule has 0 radical (unpaired) electrons. The highest BCUT2D eigenvalue weighted by Gasteiger charge is 2.50. The van der Waals surface area contributed by atoms with Gasteiger partial charge in [0.25, 0.3) is 0 Å². The molecule has 2 N–H and O–H groups in total. The number of hydrogen-bond acceptors (Lipinski definition) is 3. The number of urea groups is 1. The van der Waals surface area contributed by atoms with Gasteiger partial charge in [0.1, 0.15) is 5.41 Å². The minimum atomic E-state index is -1.38. The molecule has 5 nitrogen and oxygen atoms in total. The highest BCUT2D eigenvalue weighted by Crippen LogP contribution is 2.31. The normalized spacial score (nSPS) is 16.3. The van der Waals surface area contributed by atoms with E-state index in [9.17, 15) is 14.4 Å². The van der Waals surface area contributed by atoms with Crippen molar-refractivity contribution in [3.05, 3.63) is 68.6 Å². The fourth-order valence-corrected chi connectivity index (χ4v) is 3.39. The number of carbonyl (C=O) groups is 3. The topological polar surface area (TPSA) is 75.3 Å². The third-order valence-corrected chi connectivity index (χ3v) is 5.22. The summed E-state index contributed by atoms with van der Waals surface area (Å²) in [4.78, 5) is 36.8. The molecule has 0 unspecified atom stereocenters. The van der Waals surface area contributed by atoms with Crippen molar-refractivity contribution in [2.75, 3.05) is 0 Å². The van der Waals surface area contributed by atoms with Crippen LogP contribution in [0.25, 0.3) is 0 Å². The third-order valence-electron chi connectivity index (χ3n) is 4.16. The van der Waals surface area contributed by atoms with Crippen LogP contribution in [-0.2, 0) is 22.4 Å². The molecule has 0 aromatic heterocycles. The van der Waals surface area contributed by atoms with Gasteiger partial charge in [-0.05, 0) is 48.2 Å². The molecule has 2 aromatic carbocycles. The number of barbiturate groups is 1. The van der Waals surface area contributed by atoms with Crippen LogP contribution in [0.4, 0.5) is 4.79 Å². The summed E-state index contributed by atoms with van der Waals surface area (Å²) in [5, 5.41) is 4.47. The Balaban J connectivity index is 1.99. The molecule has 0 spiro atoms. The van der Waals surface area contributed by atoms with Crippen molar-refractivity contribution in [1.29, 1.82) is 0 Å². The van der Waals surface area contributed by atoms with E-state index in [1.165, 1.54) is 0 Å². The lowest BCUT2D eigenvalue weighted by molar-refractivity contribution is -0.144. The Labute approximate surface area is 161 Å². The van der Waals surface area contributed by atoms with E-state index in [-0.39, 0.29) is 12.8 Å². The molecule has 1 heterocycles. The lowest BCUT2D eigenvalue weighted by Crippen LogP contribution is -2.64. The van der Waals surface area contributed by atoms with Gasteiger partial charge in [-0.25, -0.2) is 4.79 Å². The first-order chi connectivity index (χ1) is 11.9. The lowest BCUT2D eigenvalue weighted by Gasteiger charge is -2.34. The number of halogens is 2. The van der Waals surface area contributed by atoms with E-state index in [0.29, 0.717) is 0 Å². The van der Waals surface area contributed by atoms with Crippen LogP contribution in [0.15, 0.2) is 57.5 Å². The predicted molar refractivity (Wildman–Crippen MR) is 99.8 cm³/mol. The molecule has 1 saturated heterocycles. The molecule has 0 saturated carbocycles. The summed E-state index contributed by atoms with van der Waals surface area (Å²) in [6.07, 6.45) is 0.391. The zero-order valence-electron chi connectivity index (χ0n) is 13.0. The maximum atomic E-state index is 12.7. The van der Waals surface area contributed by atoms with E-state index >= 15 is 0 Å². The molecule has 1 aliphatic rings. The Kier molecular flexibility index (Phi) is 5.06. The first-order valence-corrected chi connectivity index (χ1v) is 9.13. The highest BCUT2D eigenvalue weighted by atomic mass is 79.9. The van der Waals surface area contributed by atoms with E-state index < -0.39 is 23.3 Å². The van der Waals surface area contributed by atoms with Crippen LogP contribution in [0.3, 0.4) is 0 Å². The first-order valence-electron chi connectivity index (χ1n) is 7.55. The zero-order valence-corrected chi connectivity index (χ0v) is 16.2. The van der Waals surface area contributed by atoms with Crippen LogP contribution >= 0.6 is 31.9 Å². The Morgan fingerprint density at radius 3 is 1.40 bits per heavy atom. The van der Waals surface area contributed by atoms with Gasteiger partial charge in [0.15, 0.2) is 0 Å². The van der Waals surface area contributed by atoms with Crippen LogP contribution in [0.2, 0.25) is 0 Å². The van der Waals surface area contributed by atoms with Crippen LogP contribution in [0.1, 0.15) is 11.1 Å². The van der Waals surface area contributed by atoms with Gasteiger partial charge in [-0.3, -0.25) is 20.2 Å². The van der Waals surface area contributed by atoms with Crippen LogP contribution in [0.5, 0.6) is 0 Å². The average Bonchev–Trinajstić information content (AvgIpc) is 2.56. The zero-order chi connectivity index (χ0) is 18.0. The van der Waals surface area contributed by atoms with Gasteiger partial charge in [-0.1, -0.05) is 56.1 Å². The second-order valence-corrected chi connectivity index (χ2v) is 7.76. The largest absolute Gasteiger partial charge is 0.328 e. The minimum Gasteiger partial charge on any atom is -0.277 e. The molecule has 0 atom stereocenters. The molecular formula is C18H14Br2N2O3. The molecule has 128 valence electrons. The summed E-state index contributed by atoms with van der Waals surface area (Å²) >= 11 is 6.74. The van der Waals surface area contributed by atoms with Gasteiger partial charge >= 0.3 is 6.03 Å². The highest BCUT2D eigenvalue weighted by molar-refractivity contribution is 9.10. The first kappa shape index (κ1) is 17.8. The van der Waals surface area contributed by atoms with Crippen molar-refractivity contribution in [2.24, 2.45) is 5.41 Å². The fraction of sp³-hybridized carbons (Fsp3) is 0.167. The fourth-order valence-electron chi connectivity index (χ4n) is 2.86. The number of rotatable bonds is 4. The monoisotopic (exact) mass is 464 g/mol. The Hall–Kier alpha value is -1.99. The number of benzene rings is 2. The van der Waals surface area contributed by atoms with Crippen molar-refractivity contribution in [3.8, 4) is 0 Å². The number of hydrogen-bond donors (Lipinski definition) is 2. The van der Waals surface area contributed by atoms with E-state index in [1.54, 1.807) is 0 Å². The summed E-state index contributed by atoms with van der Waals surface area (Å²) < 4.78 is 1.82. The van der Waals surface area contributed by atoms with Gasteiger partial charge < -0.3 is 0 Å². The molecule has 7 heteroatoms. The number of amides is 4. The smallest absolute Gasteiger partial charge is 0.277 e. The Morgan fingerprint density at radius 2 is 1.04 bits per heavy atom. The van der Waals surface area contributed by atoms with Crippen LogP contribution in [-0.4, -0.2) is 17.8 Å². The third kappa shape index (κ3) is 3.82. The Morgan fingerprint density at radius 1 is 0.680 bits per heavy atom. The second-order valence-electron chi connectivity index (χ2n) is 5.93. The summed E-state index contributed by atoms with van der Waals surface area (Å²) in [6.45, 7) is 0. The van der Waals surface area contributed by atoms with Gasteiger partial charge in [-0.2, -0.15) is 0 Å². The van der Waals surface area contributed by atoms with Crippen LogP contribution in [0, 0.1) is 5.41 Å². The Bertz CT molecular complexity index is 763. The number of imide groups is 2. The quantitative estimate of drug-likeness (QED) is 0.680. The van der Waals surface area contributed by atoms with Gasteiger partial charge in [-0.15, -0.1) is 0 Å². The summed E-state index contributed by atoms with van der Waals surface area (Å²) in [5.41, 5.74) is 0.287. The van der Waals surface area contributed by atoms with Crippen molar-refractivity contribution in [3.63, 3.8) is 0 Å². The summed E-state index contributed by atoms with van der Waals surface area (Å²) in [7, 11) is 0. The molecule has 25 heavy (non-hydrogen) atoms. The molecule has 4 amide bonds.